The topological polar surface area (TPSA) is 41.1 Å². The zero-order chi connectivity index (χ0) is 13.8. The molecule has 1 heterocycles. The lowest BCUT2D eigenvalue weighted by Gasteiger charge is -2.07. The van der Waals surface area contributed by atoms with Crippen molar-refractivity contribution < 1.29 is 4.79 Å². The molecule has 0 aliphatic rings. The highest BCUT2D eigenvalue weighted by atomic mass is 35.5. The van der Waals surface area contributed by atoms with E-state index >= 15 is 0 Å². The van der Waals surface area contributed by atoms with Crippen molar-refractivity contribution in [3.63, 3.8) is 0 Å². The minimum absolute atomic E-state index is 0.264. The fourth-order valence-electron chi connectivity index (χ4n) is 1.60. The molecule has 0 bridgehead atoms. The largest absolute Gasteiger partial charge is 0.362 e. The maximum absolute atomic E-state index is 12.1. The van der Waals surface area contributed by atoms with Gasteiger partial charge in [-0.1, -0.05) is 36.7 Å². The molecule has 2 aromatic rings. The van der Waals surface area contributed by atoms with E-state index in [1.165, 1.54) is 11.3 Å². The Morgan fingerprint density at radius 1 is 1.42 bits per heavy atom. The fourth-order valence-corrected chi connectivity index (χ4v) is 3.21. The summed E-state index contributed by atoms with van der Waals surface area (Å²) in [6.07, 6.45) is 0.944. The molecule has 3 nitrogen and oxygen atoms in total. The number of thiophene rings is 1. The number of nitrogens with one attached hydrogen (secondary N) is 2. The molecule has 19 heavy (non-hydrogen) atoms. The van der Waals surface area contributed by atoms with Crippen molar-refractivity contribution in [3.8, 4) is 0 Å². The number of amides is 1. The number of rotatable bonds is 3. The minimum atomic E-state index is -0.264. The highest BCUT2D eigenvalue weighted by Crippen LogP contribution is 2.34. The molecule has 2 N–H and O–H groups in total. The highest BCUT2D eigenvalue weighted by molar-refractivity contribution is 7.80. The molecule has 1 aromatic heterocycles. The van der Waals surface area contributed by atoms with E-state index in [1.54, 1.807) is 0 Å². The van der Waals surface area contributed by atoms with Crippen LogP contribution in [-0.4, -0.2) is 17.6 Å². The van der Waals surface area contributed by atoms with Crippen LogP contribution in [0.5, 0.6) is 0 Å². The third kappa shape index (κ3) is 3.23. The Balaban J connectivity index is 2.17. The first-order chi connectivity index (χ1) is 9.13. The van der Waals surface area contributed by atoms with Crippen LogP contribution in [0, 0.1) is 0 Å². The standard InChI is InChI=1S/C13H13ClN2OS2/c1-2-7-15-13(18)16-12(17)11-10(14)8-5-3-4-6-9(8)19-11/h3-6H,2,7H2,1H3,(H2,15,16,17,18). The van der Waals surface area contributed by atoms with Crippen LogP contribution in [-0.2, 0) is 0 Å². The Hall–Kier alpha value is -1.17. The smallest absolute Gasteiger partial charge is 0.269 e. The average Bonchev–Trinajstić information content (AvgIpc) is 2.74. The number of fused-ring (bicyclic) bond motifs is 1. The molecule has 0 fully saturated rings. The van der Waals surface area contributed by atoms with Crippen LogP contribution in [0.3, 0.4) is 0 Å². The number of hydrogen-bond donors (Lipinski definition) is 2. The van der Waals surface area contributed by atoms with Crippen molar-refractivity contribution in [2.45, 2.75) is 13.3 Å². The monoisotopic (exact) mass is 312 g/mol. The summed E-state index contributed by atoms with van der Waals surface area (Å²) in [6, 6.07) is 7.66. The molecule has 1 aromatic carbocycles. The lowest BCUT2D eigenvalue weighted by atomic mass is 10.2. The molecule has 0 unspecified atom stereocenters. The van der Waals surface area contributed by atoms with Gasteiger partial charge in [-0.05, 0) is 24.7 Å². The summed E-state index contributed by atoms with van der Waals surface area (Å²) < 4.78 is 0.991. The van der Waals surface area contributed by atoms with Gasteiger partial charge in [0.1, 0.15) is 4.88 Å². The molecule has 0 saturated heterocycles. The minimum Gasteiger partial charge on any atom is -0.362 e. The Bertz CT molecular complexity index is 624. The first-order valence-corrected chi connectivity index (χ1v) is 7.50. The van der Waals surface area contributed by atoms with E-state index in [2.05, 4.69) is 10.6 Å². The normalized spacial score (nSPS) is 10.4. The highest BCUT2D eigenvalue weighted by Gasteiger charge is 2.17. The molecule has 2 rings (SSSR count). The van der Waals surface area contributed by atoms with E-state index in [4.69, 9.17) is 23.8 Å². The summed E-state index contributed by atoms with van der Waals surface area (Å²) in [4.78, 5) is 12.6. The van der Waals surface area contributed by atoms with Crippen LogP contribution in [0.1, 0.15) is 23.0 Å². The van der Waals surface area contributed by atoms with E-state index < -0.39 is 0 Å². The third-order valence-electron chi connectivity index (χ3n) is 2.50. The van der Waals surface area contributed by atoms with Crippen molar-refractivity contribution in [2.24, 2.45) is 0 Å². The number of hydrogen-bond acceptors (Lipinski definition) is 3. The van der Waals surface area contributed by atoms with Gasteiger partial charge in [0.15, 0.2) is 5.11 Å². The van der Waals surface area contributed by atoms with E-state index in [0.717, 1.165) is 23.1 Å². The first-order valence-electron chi connectivity index (χ1n) is 5.89. The van der Waals surface area contributed by atoms with Gasteiger partial charge < -0.3 is 5.32 Å². The van der Waals surface area contributed by atoms with Crippen LogP contribution >= 0.6 is 35.2 Å². The Kier molecular flexibility index (Phi) is 4.74. The van der Waals surface area contributed by atoms with Gasteiger partial charge in [0.25, 0.3) is 5.91 Å². The summed E-state index contributed by atoms with van der Waals surface area (Å²) in [6.45, 7) is 2.76. The van der Waals surface area contributed by atoms with E-state index in [9.17, 15) is 4.79 Å². The van der Waals surface area contributed by atoms with Crippen molar-refractivity contribution in [3.05, 3.63) is 34.2 Å². The lowest BCUT2D eigenvalue weighted by Crippen LogP contribution is -2.39. The Morgan fingerprint density at radius 2 is 2.16 bits per heavy atom. The van der Waals surface area contributed by atoms with Crippen LogP contribution in [0.2, 0.25) is 5.02 Å². The predicted molar refractivity (Wildman–Crippen MR) is 85.2 cm³/mol. The molecule has 0 aliphatic heterocycles. The van der Waals surface area contributed by atoms with Gasteiger partial charge in [-0.3, -0.25) is 10.1 Å². The molecule has 0 saturated carbocycles. The SMILES string of the molecule is CCCNC(=S)NC(=O)c1sc2ccccc2c1Cl. The summed E-state index contributed by atoms with van der Waals surface area (Å²) in [5, 5.41) is 7.30. The zero-order valence-corrected chi connectivity index (χ0v) is 12.7. The van der Waals surface area contributed by atoms with Crippen LogP contribution in [0.25, 0.3) is 10.1 Å². The number of carbonyl (C=O) groups excluding carboxylic acids is 1. The second kappa shape index (κ2) is 6.32. The molecule has 0 aliphatic carbocycles. The first kappa shape index (κ1) is 14.2. The number of carbonyl (C=O) groups is 1. The maximum Gasteiger partial charge on any atom is 0.269 e. The molecule has 100 valence electrons. The third-order valence-corrected chi connectivity index (χ3v) is 4.42. The number of halogens is 1. The summed E-state index contributed by atoms with van der Waals surface area (Å²) in [5.74, 6) is -0.264. The van der Waals surface area contributed by atoms with E-state index in [1.807, 2.05) is 31.2 Å². The number of thiocarbonyl (C=S) groups is 1. The Labute approximate surface area is 126 Å². The second-order valence-electron chi connectivity index (χ2n) is 3.95. The van der Waals surface area contributed by atoms with Crippen LogP contribution in [0.4, 0.5) is 0 Å². The summed E-state index contributed by atoms with van der Waals surface area (Å²) >= 11 is 12.6. The second-order valence-corrected chi connectivity index (χ2v) is 5.79. The van der Waals surface area contributed by atoms with Crippen molar-refractivity contribution >= 4 is 56.3 Å². The predicted octanol–water partition coefficient (Wildman–Crippen LogP) is 3.57. The molecule has 1 amide bonds. The molecule has 6 heteroatoms. The molecule has 0 atom stereocenters. The maximum atomic E-state index is 12.1. The van der Waals surface area contributed by atoms with Gasteiger partial charge in [0.2, 0.25) is 0 Å². The molecular weight excluding hydrogens is 300 g/mol. The van der Waals surface area contributed by atoms with E-state index in [0.29, 0.717) is 15.0 Å². The molecular formula is C13H13ClN2OS2. The van der Waals surface area contributed by atoms with Gasteiger partial charge in [0.05, 0.1) is 5.02 Å². The van der Waals surface area contributed by atoms with E-state index in [-0.39, 0.29) is 5.91 Å². The van der Waals surface area contributed by atoms with Gasteiger partial charge in [-0.15, -0.1) is 11.3 Å². The van der Waals surface area contributed by atoms with Crippen LogP contribution < -0.4 is 10.6 Å². The molecule has 0 spiro atoms. The van der Waals surface area contributed by atoms with Crippen molar-refractivity contribution in [1.82, 2.24) is 10.6 Å². The quantitative estimate of drug-likeness (QED) is 0.851. The Morgan fingerprint density at radius 3 is 2.84 bits per heavy atom. The van der Waals surface area contributed by atoms with Crippen LogP contribution in [0.15, 0.2) is 24.3 Å². The molecule has 0 radical (unpaired) electrons. The van der Waals surface area contributed by atoms with Gasteiger partial charge in [0, 0.05) is 16.6 Å². The lowest BCUT2D eigenvalue weighted by molar-refractivity contribution is 0.0981. The average molecular weight is 313 g/mol. The van der Waals surface area contributed by atoms with Gasteiger partial charge >= 0.3 is 0 Å². The summed E-state index contributed by atoms with van der Waals surface area (Å²) in [7, 11) is 0. The van der Waals surface area contributed by atoms with Gasteiger partial charge in [-0.2, -0.15) is 0 Å². The number of benzene rings is 1. The zero-order valence-electron chi connectivity index (χ0n) is 10.3. The van der Waals surface area contributed by atoms with Gasteiger partial charge in [-0.25, -0.2) is 0 Å². The van der Waals surface area contributed by atoms with Crippen molar-refractivity contribution in [2.75, 3.05) is 6.54 Å². The fraction of sp³-hybridized carbons (Fsp3) is 0.231. The summed E-state index contributed by atoms with van der Waals surface area (Å²) in [5.41, 5.74) is 0. The van der Waals surface area contributed by atoms with Crippen molar-refractivity contribution in [1.29, 1.82) is 0 Å².